The van der Waals surface area contributed by atoms with Gasteiger partial charge < -0.3 is 5.11 Å². The molecule has 0 amide bonds. The SMILES string of the molecule is CCCC[C@@H](O)/C=C\CCCCCCCCCCCCBr. The Bertz CT molecular complexity index is 216. The fourth-order valence-electron chi connectivity index (χ4n) is 2.53. The van der Waals surface area contributed by atoms with E-state index < -0.39 is 0 Å². The van der Waals surface area contributed by atoms with Gasteiger partial charge in [-0.3, -0.25) is 0 Å². The summed E-state index contributed by atoms with van der Waals surface area (Å²) >= 11 is 3.48. The lowest BCUT2D eigenvalue weighted by molar-refractivity contribution is 0.209. The highest BCUT2D eigenvalue weighted by atomic mass is 79.9. The van der Waals surface area contributed by atoms with Gasteiger partial charge in [0.25, 0.3) is 0 Å². The molecule has 0 spiro atoms. The predicted octanol–water partition coefficient (Wildman–Crippen LogP) is 6.78. The first-order chi connectivity index (χ1) is 10.3. The number of allylic oxidation sites excluding steroid dienone is 1. The van der Waals surface area contributed by atoms with E-state index in [1.54, 1.807) is 0 Å². The van der Waals surface area contributed by atoms with Gasteiger partial charge in [-0.15, -0.1) is 0 Å². The normalized spacial score (nSPS) is 13.1. The highest BCUT2D eigenvalue weighted by molar-refractivity contribution is 9.09. The summed E-state index contributed by atoms with van der Waals surface area (Å²) in [5, 5.41) is 10.8. The third kappa shape index (κ3) is 18.1. The van der Waals surface area contributed by atoms with Gasteiger partial charge in [-0.05, 0) is 25.7 Å². The van der Waals surface area contributed by atoms with Crippen molar-refractivity contribution in [3.63, 3.8) is 0 Å². The monoisotopic (exact) mass is 360 g/mol. The maximum Gasteiger partial charge on any atom is 0.0720 e. The molecule has 0 heterocycles. The van der Waals surface area contributed by atoms with Crippen molar-refractivity contribution in [2.75, 3.05) is 5.33 Å². The van der Waals surface area contributed by atoms with Crippen LogP contribution in [0.5, 0.6) is 0 Å². The van der Waals surface area contributed by atoms with Gasteiger partial charge in [-0.25, -0.2) is 0 Å². The zero-order valence-corrected chi connectivity index (χ0v) is 15.7. The fourth-order valence-corrected chi connectivity index (χ4v) is 2.93. The summed E-state index contributed by atoms with van der Waals surface area (Å²) in [4.78, 5) is 0. The van der Waals surface area contributed by atoms with Gasteiger partial charge in [-0.2, -0.15) is 0 Å². The molecule has 0 aliphatic heterocycles. The van der Waals surface area contributed by atoms with E-state index >= 15 is 0 Å². The first kappa shape index (κ1) is 21.2. The number of hydrogen-bond donors (Lipinski definition) is 1. The maximum absolute atomic E-state index is 9.67. The summed E-state index contributed by atoms with van der Waals surface area (Å²) in [5.41, 5.74) is 0. The topological polar surface area (TPSA) is 20.2 Å². The molecule has 1 atom stereocenters. The van der Waals surface area contributed by atoms with Crippen molar-refractivity contribution >= 4 is 15.9 Å². The van der Waals surface area contributed by atoms with Crippen molar-refractivity contribution in [2.24, 2.45) is 0 Å². The van der Waals surface area contributed by atoms with Gasteiger partial charge in [-0.1, -0.05) is 99.2 Å². The number of alkyl halides is 1. The molecule has 0 saturated heterocycles. The van der Waals surface area contributed by atoms with Gasteiger partial charge in [0.2, 0.25) is 0 Å². The van der Waals surface area contributed by atoms with Crippen LogP contribution in [-0.2, 0) is 0 Å². The summed E-state index contributed by atoms with van der Waals surface area (Å²) in [5.74, 6) is 0. The van der Waals surface area contributed by atoms with Gasteiger partial charge in [0.1, 0.15) is 0 Å². The Labute approximate surface area is 141 Å². The van der Waals surface area contributed by atoms with Gasteiger partial charge in [0.15, 0.2) is 0 Å². The third-order valence-corrected chi connectivity index (χ3v) is 4.53. The predicted molar refractivity (Wildman–Crippen MR) is 99.3 cm³/mol. The summed E-state index contributed by atoms with van der Waals surface area (Å²) in [6, 6.07) is 0. The molecule has 0 aromatic rings. The average molecular weight is 361 g/mol. The van der Waals surface area contributed by atoms with Crippen LogP contribution in [0.2, 0.25) is 0 Å². The number of halogens is 1. The highest BCUT2D eigenvalue weighted by Crippen LogP contribution is 2.12. The van der Waals surface area contributed by atoms with Crippen molar-refractivity contribution < 1.29 is 5.11 Å². The second kappa shape index (κ2) is 18.2. The number of rotatable bonds is 16. The van der Waals surface area contributed by atoms with Crippen LogP contribution in [-0.4, -0.2) is 16.5 Å². The van der Waals surface area contributed by atoms with Gasteiger partial charge in [0, 0.05) is 5.33 Å². The summed E-state index contributed by atoms with van der Waals surface area (Å²) < 4.78 is 0. The molecule has 0 saturated carbocycles. The molecule has 0 radical (unpaired) electrons. The summed E-state index contributed by atoms with van der Waals surface area (Å²) in [6.07, 6.45) is 22.1. The van der Waals surface area contributed by atoms with Crippen molar-refractivity contribution in [1.82, 2.24) is 0 Å². The maximum atomic E-state index is 9.67. The third-order valence-electron chi connectivity index (χ3n) is 3.97. The van der Waals surface area contributed by atoms with E-state index in [-0.39, 0.29) is 6.10 Å². The van der Waals surface area contributed by atoms with E-state index in [2.05, 4.69) is 28.9 Å². The fraction of sp³-hybridized carbons (Fsp3) is 0.895. The molecule has 0 aromatic heterocycles. The first-order valence-electron chi connectivity index (χ1n) is 9.22. The molecule has 0 fully saturated rings. The Hall–Kier alpha value is 0.180. The molecule has 0 rings (SSSR count). The minimum Gasteiger partial charge on any atom is -0.389 e. The lowest BCUT2D eigenvalue weighted by Crippen LogP contribution is -2.00. The highest BCUT2D eigenvalue weighted by Gasteiger charge is 1.96. The zero-order chi connectivity index (χ0) is 15.6. The van der Waals surface area contributed by atoms with Crippen molar-refractivity contribution in [3.05, 3.63) is 12.2 Å². The van der Waals surface area contributed by atoms with Crippen LogP contribution >= 0.6 is 15.9 Å². The minimum absolute atomic E-state index is 0.213. The summed E-state index contributed by atoms with van der Waals surface area (Å²) in [6.45, 7) is 2.17. The second-order valence-electron chi connectivity index (χ2n) is 6.15. The number of aliphatic hydroxyl groups is 1. The van der Waals surface area contributed by atoms with Crippen molar-refractivity contribution in [2.45, 2.75) is 103 Å². The minimum atomic E-state index is -0.213. The van der Waals surface area contributed by atoms with Crippen molar-refractivity contribution in [3.8, 4) is 0 Å². The Kier molecular flexibility index (Phi) is 18.4. The molecule has 0 unspecified atom stereocenters. The standard InChI is InChI=1S/C19H37BrO/c1-2-3-16-19(21)17-14-12-10-8-6-4-5-7-9-11-13-15-18-20/h14,17,19,21H,2-13,15-16,18H2,1H3/b17-14-/t19-/m1/s1. The largest absolute Gasteiger partial charge is 0.389 e. The quantitative estimate of drug-likeness (QED) is 0.182. The molecule has 0 bridgehead atoms. The van der Waals surface area contributed by atoms with Crippen LogP contribution in [0.15, 0.2) is 12.2 Å². The zero-order valence-electron chi connectivity index (χ0n) is 14.2. The van der Waals surface area contributed by atoms with Crippen LogP contribution in [0.4, 0.5) is 0 Å². The average Bonchev–Trinajstić information content (AvgIpc) is 2.49. The smallest absolute Gasteiger partial charge is 0.0720 e. The molecule has 126 valence electrons. The number of aliphatic hydroxyl groups excluding tert-OH is 1. The molecule has 2 heteroatoms. The first-order valence-corrected chi connectivity index (χ1v) is 10.3. The Morgan fingerprint density at radius 2 is 1.33 bits per heavy atom. The van der Waals surface area contributed by atoms with Crippen LogP contribution in [0.3, 0.4) is 0 Å². The molecule has 0 aliphatic rings. The molecule has 1 nitrogen and oxygen atoms in total. The van der Waals surface area contributed by atoms with E-state index in [0.29, 0.717) is 0 Å². The van der Waals surface area contributed by atoms with Crippen LogP contribution in [0.25, 0.3) is 0 Å². The Morgan fingerprint density at radius 3 is 1.86 bits per heavy atom. The molecule has 21 heavy (non-hydrogen) atoms. The van der Waals surface area contributed by atoms with Gasteiger partial charge in [0.05, 0.1) is 6.10 Å². The van der Waals surface area contributed by atoms with Crippen LogP contribution in [0, 0.1) is 0 Å². The Morgan fingerprint density at radius 1 is 0.810 bits per heavy atom. The van der Waals surface area contributed by atoms with E-state index in [1.807, 2.05) is 6.08 Å². The van der Waals surface area contributed by atoms with E-state index in [1.165, 1.54) is 70.6 Å². The lowest BCUT2D eigenvalue weighted by atomic mass is 10.1. The van der Waals surface area contributed by atoms with Crippen molar-refractivity contribution in [1.29, 1.82) is 0 Å². The number of hydrogen-bond acceptors (Lipinski definition) is 1. The van der Waals surface area contributed by atoms with E-state index in [4.69, 9.17) is 0 Å². The lowest BCUT2D eigenvalue weighted by Gasteiger charge is -2.03. The van der Waals surface area contributed by atoms with E-state index in [0.717, 1.165) is 24.6 Å². The number of unbranched alkanes of at least 4 members (excludes halogenated alkanes) is 11. The molecular weight excluding hydrogens is 324 g/mol. The molecule has 0 aromatic carbocycles. The Balaban J connectivity index is 3.13. The summed E-state index contributed by atoms with van der Waals surface area (Å²) in [7, 11) is 0. The van der Waals surface area contributed by atoms with Gasteiger partial charge >= 0.3 is 0 Å². The molecule has 1 N–H and O–H groups in total. The van der Waals surface area contributed by atoms with E-state index in [9.17, 15) is 5.11 Å². The second-order valence-corrected chi connectivity index (χ2v) is 6.94. The van der Waals surface area contributed by atoms with Crippen LogP contribution in [0.1, 0.15) is 96.8 Å². The molecular formula is C19H37BrO. The molecule has 0 aliphatic carbocycles. The van der Waals surface area contributed by atoms with Crippen LogP contribution < -0.4 is 0 Å².